The molecule has 0 aliphatic heterocycles. The van der Waals surface area contributed by atoms with Gasteiger partial charge in [0.2, 0.25) is 11.9 Å². The summed E-state index contributed by atoms with van der Waals surface area (Å²) in [7, 11) is 1.42. The number of benzene rings is 1. The van der Waals surface area contributed by atoms with Gasteiger partial charge in [-0.2, -0.15) is 13.2 Å². The Balaban J connectivity index is 2.06. The van der Waals surface area contributed by atoms with Gasteiger partial charge >= 0.3 is 6.18 Å². The first-order valence-corrected chi connectivity index (χ1v) is 8.79. The fourth-order valence-corrected chi connectivity index (χ4v) is 3.44. The summed E-state index contributed by atoms with van der Waals surface area (Å²) < 4.78 is 55.2. The number of fused-ring (bicyclic) bond motifs is 1. The van der Waals surface area contributed by atoms with Crippen LogP contribution in [0.3, 0.4) is 0 Å². The molecule has 3 rings (SSSR count). The second-order valence-corrected chi connectivity index (χ2v) is 8.42. The molecule has 0 saturated heterocycles. The van der Waals surface area contributed by atoms with Crippen LogP contribution in [0.4, 0.5) is 23.5 Å². The van der Waals surface area contributed by atoms with Gasteiger partial charge in [-0.05, 0) is 52.2 Å². The number of anilines is 1. The summed E-state index contributed by atoms with van der Waals surface area (Å²) in [5, 5.41) is 0. The molecule has 1 amide bonds. The van der Waals surface area contributed by atoms with Crippen molar-refractivity contribution in [2.24, 2.45) is 5.41 Å². The Kier molecular flexibility index (Phi) is 4.32. The van der Waals surface area contributed by atoms with Gasteiger partial charge in [-0.15, -0.1) is 0 Å². The fourth-order valence-electron chi connectivity index (χ4n) is 3.44. The van der Waals surface area contributed by atoms with Gasteiger partial charge in [0.25, 0.3) is 0 Å². The smallest absolute Gasteiger partial charge is 0.304 e. The van der Waals surface area contributed by atoms with E-state index < -0.39 is 35.3 Å². The zero-order chi connectivity index (χ0) is 20.4. The van der Waals surface area contributed by atoms with Gasteiger partial charge in [0.05, 0.1) is 16.4 Å². The molecule has 1 aliphatic carbocycles. The van der Waals surface area contributed by atoms with Crippen molar-refractivity contribution in [3.63, 3.8) is 0 Å². The third-order valence-electron chi connectivity index (χ3n) is 5.18. The molecule has 148 valence electrons. The van der Waals surface area contributed by atoms with E-state index in [1.807, 2.05) is 20.8 Å². The van der Waals surface area contributed by atoms with Crippen LogP contribution < -0.4 is 4.90 Å². The Morgan fingerprint density at radius 3 is 2.33 bits per heavy atom. The second-order valence-electron chi connectivity index (χ2n) is 8.42. The van der Waals surface area contributed by atoms with E-state index in [1.54, 1.807) is 11.5 Å². The number of rotatable bonds is 3. The standard InChI is InChI=1S/C19H23F4N3O/c1-11-8-12(20)9-13-15(11)26(17(2,3)4)16(24-13)25(5)14(27)10-18(6-7-18)19(21,22)23/h8-9H,6-7,10H2,1-5H3. The first-order valence-electron chi connectivity index (χ1n) is 8.79. The maximum atomic E-state index is 13.8. The molecule has 8 heteroatoms. The largest absolute Gasteiger partial charge is 0.395 e. The van der Waals surface area contributed by atoms with E-state index in [2.05, 4.69) is 4.98 Å². The van der Waals surface area contributed by atoms with Gasteiger partial charge in [-0.1, -0.05) is 0 Å². The highest BCUT2D eigenvalue weighted by Crippen LogP contribution is 2.60. The van der Waals surface area contributed by atoms with E-state index in [0.29, 0.717) is 16.6 Å². The summed E-state index contributed by atoms with van der Waals surface area (Å²) in [4.78, 5) is 18.2. The van der Waals surface area contributed by atoms with E-state index >= 15 is 0 Å². The topological polar surface area (TPSA) is 38.1 Å². The lowest BCUT2D eigenvalue weighted by Crippen LogP contribution is -2.37. The number of imidazole rings is 1. The van der Waals surface area contributed by atoms with Crippen molar-refractivity contribution in [3.05, 3.63) is 23.5 Å². The molecule has 1 aliphatic rings. The Morgan fingerprint density at radius 1 is 1.26 bits per heavy atom. The van der Waals surface area contributed by atoms with Crippen molar-refractivity contribution in [3.8, 4) is 0 Å². The molecule has 4 nitrogen and oxygen atoms in total. The van der Waals surface area contributed by atoms with Crippen molar-refractivity contribution in [2.45, 2.75) is 58.7 Å². The van der Waals surface area contributed by atoms with E-state index in [-0.39, 0.29) is 18.8 Å². The first-order chi connectivity index (χ1) is 12.3. The molecular weight excluding hydrogens is 362 g/mol. The average molecular weight is 385 g/mol. The van der Waals surface area contributed by atoms with Gasteiger partial charge in [-0.25, -0.2) is 9.37 Å². The second kappa shape index (κ2) is 5.94. The number of amides is 1. The molecule has 1 aromatic carbocycles. The summed E-state index contributed by atoms with van der Waals surface area (Å²) in [5.41, 5.74) is -0.750. The van der Waals surface area contributed by atoms with Crippen molar-refractivity contribution in [1.29, 1.82) is 0 Å². The summed E-state index contributed by atoms with van der Waals surface area (Å²) >= 11 is 0. The van der Waals surface area contributed by atoms with Gasteiger partial charge in [0.1, 0.15) is 5.82 Å². The van der Waals surface area contributed by atoms with Crippen LogP contribution in [0.1, 0.15) is 45.6 Å². The van der Waals surface area contributed by atoms with Gasteiger partial charge in [0.15, 0.2) is 0 Å². The molecule has 0 unspecified atom stereocenters. The lowest BCUT2D eigenvalue weighted by Gasteiger charge is -2.29. The molecule has 0 spiro atoms. The molecule has 1 saturated carbocycles. The van der Waals surface area contributed by atoms with E-state index in [4.69, 9.17) is 0 Å². The Labute approximate surface area is 155 Å². The number of hydrogen-bond donors (Lipinski definition) is 0. The summed E-state index contributed by atoms with van der Waals surface area (Å²) in [5.74, 6) is -0.883. The zero-order valence-corrected chi connectivity index (χ0v) is 16.0. The number of aryl methyl sites for hydroxylation is 1. The molecule has 1 aromatic heterocycles. The summed E-state index contributed by atoms with van der Waals surface area (Å²) in [6.07, 6.45) is -5.06. The van der Waals surface area contributed by atoms with Crippen LogP contribution in [-0.2, 0) is 10.3 Å². The molecular formula is C19H23F4N3O. The van der Waals surface area contributed by atoms with Crippen molar-refractivity contribution < 1.29 is 22.4 Å². The molecule has 0 radical (unpaired) electrons. The summed E-state index contributed by atoms with van der Waals surface area (Å²) in [6.45, 7) is 7.44. The SMILES string of the molecule is Cc1cc(F)cc2nc(N(C)C(=O)CC3(C(F)(F)F)CC3)n(C(C)(C)C)c12. The third kappa shape index (κ3) is 3.30. The average Bonchev–Trinajstić information content (AvgIpc) is 3.17. The van der Waals surface area contributed by atoms with E-state index in [0.717, 1.165) is 4.90 Å². The van der Waals surface area contributed by atoms with Crippen LogP contribution in [-0.4, -0.2) is 28.7 Å². The van der Waals surface area contributed by atoms with E-state index in [9.17, 15) is 22.4 Å². The molecule has 2 aromatic rings. The van der Waals surface area contributed by atoms with Crippen LogP contribution in [0.2, 0.25) is 0 Å². The highest BCUT2D eigenvalue weighted by Gasteiger charge is 2.64. The normalized spacial score (nSPS) is 16.6. The minimum Gasteiger partial charge on any atom is -0.304 e. The molecule has 1 fully saturated rings. The van der Waals surface area contributed by atoms with Crippen molar-refractivity contribution >= 4 is 22.9 Å². The van der Waals surface area contributed by atoms with Crippen LogP contribution in [0.15, 0.2) is 12.1 Å². The minimum atomic E-state index is -4.40. The van der Waals surface area contributed by atoms with Crippen LogP contribution in [0.25, 0.3) is 11.0 Å². The Hall–Kier alpha value is -2.12. The first kappa shape index (κ1) is 19.6. The lowest BCUT2D eigenvalue weighted by molar-refractivity contribution is -0.190. The van der Waals surface area contributed by atoms with Crippen LogP contribution in [0.5, 0.6) is 0 Å². The van der Waals surface area contributed by atoms with E-state index in [1.165, 1.54) is 19.2 Å². The predicted octanol–water partition coefficient (Wildman–Crippen LogP) is 4.93. The third-order valence-corrected chi connectivity index (χ3v) is 5.18. The monoisotopic (exact) mass is 385 g/mol. The van der Waals surface area contributed by atoms with Crippen molar-refractivity contribution in [1.82, 2.24) is 9.55 Å². The predicted molar refractivity (Wildman–Crippen MR) is 95.2 cm³/mol. The highest BCUT2D eigenvalue weighted by atomic mass is 19.4. The molecule has 27 heavy (non-hydrogen) atoms. The van der Waals surface area contributed by atoms with Crippen LogP contribution >= 0.6 is 0 Å². The number of hydrogen-bond acceptors (Lipinski definition) is 2. The van der Waals surface area contributed by atoms with Gasteiger partial charge in [-0.3, -0.25) is 9.69 Å². The number of halogens is 4. The number of carbonyl (C=O) groups excluding carboxylic acids is 1. The minimum absolute atomic E-state index is 0.0317. The van der Waals surface area contributed by atoms with Gasteiger partial charge < -0.3 is 4.57 Å². The fraction of sp³-hybridized carbons (Fsp3) is 0.579. The zero-order valence-electron chi connectivity index (χ0n) is 16.0. The Morgan fingerprint density at radius 2 is 1.85 bits per heavy atom. The molecule has 0 bridgehead atoms. The Bertz CT molecular complexity index is 904. The number of aromatic nitrogens is 2. The maximum Gasteiger partial charge on any atom is 0.395 e. The lowest BCUT2D eigenvalue weighted by atomic mass is 10.0. The number of alkyl halides is 3. The van der Waals surface area contributed by atoms with Crippen molar-refractivity contribution in [2.75, 3.05) is 11.9 Å². The molecule has 1 heterocycles. The molecule has 0 N–H and O–H groups in total. The summed E-state index contributed by atoms with van der Waals surface area (Å²) in [6, 6.07) is 2.64. The molecule has 0 atom stereocenters. The van der Waals surface area contributed by atoms with Gasteiger partial charge in [0, 0.05) is 25.1 Å². The number of carbonyl (C=O) groups is 1. The van der Waals surface area contributed by atoms with Crippen LogP contribution in [0, 0.1) is 18.2 Å². The highest BCUT2D eigenvalue weighted by molar-refractivity contribution is 5.94. The maximum absolute atomic E-state index is 13.8. The quantitative estimate of drug-likeness (QED) is 0.703. The number of nitrogens with zero attached hydrogens (tertiary/aromatic N) is 3.